The van der Waals surface area contributed by atoms with Crippen LogP contribution in [0.1, 0.15) is 1.43 Å². The number of fused-ring (bicyclic) bond motifs is 12. The van der Waals surface area contributed by atoms with Gasteiger partial charge >= 0.3 is 29.6 Å². The summed E-state index contributed by atoms with van der Waals surface area (Å²) in [4.78, 5) is 23.0. The van der Waals surface area contributed by atoms with Gasteiger partial charge < -0.3 is 6.41 Å². The summed E-state index contributed by atoms with van der Waals surface area (Å²) in [6, 6.07) is 88.4. The number of rotatable bonds is 5. The molecular formula is C68H44ClN6NaS2. The van der Waals surface area contributed by atoms with Gasteiger partial charge in [0.05, 0.1) is 31.5 Å². The summed E-state index contributed by atoms with van der Waals surface area (Å²) in [7, 11) is 0. The van der Waals surface area contributed by atoms with Crippen molar-refractivity contribution < 1.29 is 31.0 Å². The zero-order valence-corrected chi connectivity index (χ0v) is 46.6. The molecule has 366 valence electrons. The molecular weight excluding hydrogens is 1020 g/mol. The molecule has 1 N–H and O–H groups in total. The Kier molecular flexibility index (Phi) is 13.4. The van der Waals surface area contributed by atoms with Crippen LogP contribution in [0.2, 0.25) is 5.15 Å². The second kappa shape index (κ2) is 21.3. The van der Waals surface area contributed by atoms with E-state index in [-0.39, 0.29) is 31.0 Å². The minimum absolute atomic E-state index is 0. The Labute approximate surface area is 485 Å². The van der Waals surface area contributed by atoms with Crippen molar-refractivity contribution in [2.24, 2.45) is 0 Å². The molecule has 0 fully saturated rings. The van der Waals surface area contributed by atoms with E-state index >= 15 is 0 Å². The average molecular weight is 1070 g/mol. The average Bonchev–Trinajstić information content (AvgIpc) is 4.46. The van der Waals surface area contributed by atoms with Crippen molar-refractivity contribution in [1.29, 1.82) is 0 Å². The molecule has 0 saturated carbocycles. The van der Waals surface area contributed by atoms with Crippen molar-refractivity contribution in [3.05, 3.63) is 260 Å². The third-order valence-corrected chi connectivity index (χ3v) is 16.8. The number of aromatic nitrogens is 6. The Hall–Kier alpha value is -8.31. The summed E-state index contributed by atoms with van der Waals surface area (Å²) in [6.07, 6.45) is 0. The van der Waals surface area contributed by atoms with Gasteiger partial charge in [-0.3, -0.25) is 4.57 Å². The van der Waals surface area contributed by atoms with E-state index < -0.39 is 0 Å². The van der Waals surface area contributed by atoms with Gasteiger partial charge in [-0.1, -0.05) is 218 Å². The summed E-state index contributed by atoms with van der Waals surface area (Å²) >= 11 is 9.74. The number of aromatic amines is 1. The molecule has 0 aliphatic carbocycles. The largest absolute Gasteiger partial charge is 1.00 e. The van der Waals surface area contributed by atoms with Gasteiger partial charge in [0.15, 0.2) is 22.6 Å². The fraction of sp³-hybridized carbons (Fsp3) is 0. The van der Waals surface area contributed by atoms with Crippen molar-refractivity contribution >= 4 is 118 Å². The molecule has 0 radical (unpaired) electrons. The van der Waals surface area contributed by atoms with Crippen molar-refractivity contribution in [2.75, 3.05) is 0 Å². The van der Waals surface area contributed by atoms with Crippen molar-refractivity contribution in [3.8, 4) is 50.8 Å². The van der Waals surface area contributed by atoms with E-state index in [0.29, 0.717) is 11.0 Å². The molecule has 0 saturated heterocycles. The van der Waals surface area contributed by atoms with E-state index in [4.69, 9.17) is 26.6 Å². The van der Waals surface area contributed by atoms with Crippen LogP contribution in [0, 0.1) is 0 Å². The smallest absolute Gasteiger partial charge is 1.00 e. The van der Waals surface area contributed by atoms with Gasteiger partial charge in [0.25, 0.3) is 0 Å². The van der Waals surface area contributed by atoms with Gasteiger partial charge in [-0.2, -0.15) is 0 Å². The topological polar surface area (TPSA) is 72.3 Å². The summed E-state index contributed by atoms with van der Waals surface area (Å²) in [5.74, 6) is 2.34. The van der Waals surface area contributed by atoms with Crippen molar-refractivity contribution in [2.45, 2.75) is 0 Å². The van der Waals surface area contributed by atoms with Crippen molar-refractivity contribution in [3.63, 3.8) is 0 Å². The first-order valence-corrected chi connectivity index (χ1v) is 27.4. The van der Waals surface area contributed by atoms with Crippen molar-refractivity contribution in [1.82, 2.24) is 29.5 Å². The third kappa shape index (κ3) is 9.12. The summed E-state index contributed by atoms with van der Waals surface area (Å²) in [5.41, 5.74) is 13.5. The van der Waals surface area contributed by atoms with Crippen LogP contribution in [0.4, 0.5) is 0 Å². The molecule has 0 unspecified atom stereocenters. The Bertz CT molecular complexity index is 4830. The Morgan fingerprint density at radius 1 is 0.346 bits per heavy atom. The maximum absolute atomic E-state index is 6.34. The SMILES string of the molecule is Clc1nc(-c2ccccc2)nc2c1sc1ccccc12.[H-].[Na+].c1ccc(-c2ccc3[nH]c4ccccc4c3c2)cc1.c1ccc(-c2ccc3c(c2)c2ccccc2n3-c2nc(-c3ccccc3)nc3c2sc2ccccc23)cc1. The number of thiophene rings is 2. The fourth-order valence-electron chi connectivity index (χ4n) is 10.4. The van der Waals surface area contributed by atoms with Gasteiger partial charge in [-0.15, -0.1) is 22.7 Å². The van der Waals surface area contributed by atoms with E-state index in [0.717, 1.165) is 59.6 Å². The molecule has 10 heteroatoms. The zero-order valence-electron chi connectivity index (χ0n) is 43.2. The molecule has 10 aromatic carbocycles. The molecule has 6 aromatic heterocycles. The van der Waals surface area contributed by atoms with E-state index in [1.165, 1.54) is 69.6 Å². The van der Waals surface area contributed by atoms with Gasteiger partial charge in [0, 0.05) is 63.9 Å². The molecule has 6 nitrogen and oxygen atoms in total. The maximum atomic E-state index is 6.34. The molecule has 6 heterocycles. The van der Waals surface area contributed by atoms with Gasteiger partial charge in [0.2, 0.25) is 0 Å². The Morgan fingerprint density at radius 3 is 1.40 bits per heavy atom. The van der Waals surface area contributed by atoms with Gasteiger partial charge in [-0.25, -0.2) is 19.9 Å². The summed E-state index contributed by atoms with van der Waals surface area (Å²) in [5, 5.41) is 7.84. The second-order valence-corrected chi connectivity index (χ2v) is 21.2. The molecule has 0 spiro atoms. The molecule has 0 aliphatic rings. The van der Waals surface area contributed by atoms with Crippen LogP contribution in [0.15, 0.2) is 255 Å². The molecule has 78 heavy (non-hydrogen) atoms. The number of nitrogens with zero attached hydrogens (tertiary/aromatic N) is 5. The van der Waals surface area contributed by atoms with Crippen LogP contribution < -0.4 is 29.6 Å². The van der Waals surface area contributed by atoms with E-state index in [1.54, 1.807) is 22.7 Å². The Balaban J connectivity index is 0.000000128. The van der Waals surface area contributed by atoms with Crippen LogP contribution in [0.25, 0.3) is 135 Å². The standard InChI is InChI=1S/C34H21N3S.C18H13N.C16H9ClN2S.Na.H/c1-3-11-22(12-4-1)24-19-20-29-27(21-24)25-15-7-9-17-28(25)37(29)34-32-31(26-16-8-10-18-30(26)38-32)35-33(36-34)23-13-5-2-6-14-23;1-2-6-13(7-3-1)14-10-11-18-16(12-14)15-8-4-5-9-17(15)19-18;17-15-14-13(11-8-4-5-9-12(11)20-14)18-16(19-15)10-6-2-1-3-7-10;;/h1-21H;1-12,19H;1-9H;;/q;;;+1;-1. The predicted octanol–water partition coefficient (Wildman–Crippen LogP) is 16.5. The first-order chi connectivity index (χ1) is 38.1. The third-order valence-electron chi connectivity index (χ3n) is 14.0. The van der Waals surface area contributed by atoms with Crippen LogP contribution in [0.3, 0.4) is 0 Å². The number of hydrogen-bond acceptors (Lipinski definition) is 6. The number of para-hydroxylation sites is 2. The molecule has 0 amide bonds. The minimum Gasteiger partial charge on any atom is -1.00 e. The van der Waals surface area contributed by atoms with Gasteiger partial charge in [0.1, 0.15) is 0 Å². The fourth-order valence-corrected chi connectivity index (χ4v) is 12.8. The molecule has 0 atom stereocenters. The number of halogens is 1. The number of benzene rings is 10. The molecule has 0 bridgehead atoms. The van der Waals surface area contributed by atoms with Crippen LogP contribution in [-0.2, 0) is 0 Å². The Morgan fingerprint density at radius 2 is 0.782 bits per heavy atom. The van der Waals surface area contributed by atoms with Crippen LogP contribution in [0.5, 0.6) is 0 Å². The quantitative estimate of drug-likeness (QED) is 0.138. The number of nitrogens with one attached hydrogen (secondary N) is 1. The van der Waals surface area contributed by atoms with Crippen LogP contribution >= 0.6 is 34.3 Å². The van der Waals surface area contributed by atoms with Crippen LogP contribution in [-0.4, -0.2) is 29.5 Å². The van der Waals surface area contributed by atoms with E-state index in [2.05, 4.69) is 203 Å². The normalized spacial score (nSPS) is 11.3. The molecule has 16 rings (SSSR count). The predicted molar refractivity (Wildman–Crippen MR) is 328 cm³/mol. The van der Waals surface area contributed by atoms with Gasteiger partial charge in [-0.05, 0) is 70.8 Å². The summed E-state index contributed by atoms with van der Waals surface area (Å²) in [6.45, 7) is 0. The second-order valence-electron chi connectivity index (χ2n) is 18.7. The first-order valence-electron chi connectivity index (χ1n) is 25.4. The van der Waals surface area contributed by atoms with E-state index in [9.17, 15) is 0 Å². The summed E-state index contributed by atoms with van der Waals surface area (Å²) < 4.78 is 6.78. The monoisotopic (exact) mass is 1070 g/mol. The number of H-pyrrole nitrogens is 1. The molecule has 0 aliphatic heterocycles. The first kappa shape index (κ1) is 49.3. The minimum atomic E-state index is 0. The van der Waals surface area contributed by atoms with E-state index in [1.807, 2.05) is 66.7 Å². The maximum Gasteiger partial charge on any atom is 1.00 e. The molecule has 16 aromatic rings. The number of hydrogen-bond donors (Lipinski definition) is 1. The zero-order chi connectivity index (χ0) is 51.2.